The van der Waals surface area contributed by atoms with Gasteiger partial charge < -0.3 is 14.6 Å². The lowest BCUT2D eigenvalue weighted by atomic mass is 10.0. The van der Waals surface area contributed by atoms with Gasteiger partial charge in [0.1, 0.15) is 6.10 Å². The van der Waals surface area contributed by atoms with Crippen LogP contribution in [0.15, 0.2) is 18.2 Å². The van der Waals surface area contributed by atoms with Crippen LogP contribution in [0.1, 0.15) is 18.9 Å². The first-order valence-electron chi connectivity index (χ1n) is 6.74. The van der Waals surface area contributed by atoms with Crippen LogP contribution in [0.4, 0.5) is 0 Å². The topological polar surface area (TPSA) is 55.8 Å². The third-order valence-corrected chi connectivity index (χ3v) is 4.50. The van der Waals surface area contributed by atoms with E-state index in [1.807, 2.05) is 30.0 Å². The molecule has 0 spiro atoms. The van der Waals surface area contributed by atoms with E-state index in [0.717, 1.165) is 29.2 Å². The van der Waals surface area contributed by atoms with E-state index < -0.39 is 11.9 Å². The standard InChI is InChI=1S/C15H20O4S/c1-10(15(16)17)7-11-3-4-13(14(8-11)18-2)19-12-5-6-20-9-12/h3-4,8,10,12H,5-7,9H2,1-2H3,(H,16,17). The third kappa shape index (κ3) is 3.82. The van der Waals surface area contributed by atoms with Gasteiger partial charge in [-0.15, -0.1) is 0 Å². The number of ether oxygens (including phenoxy) is 2. The Morgan fingerprint density at radius 3 is 2.90 bits per heavy atom. The molecule has 0 amide bonds. The molecule has 20 heavy (non-hydrogen) atoms. The summed E-state index contributed by atoms with van der Waals surface area (Å²) in [6.45, 7) is 1.70. The lowest BCUT2D eigenvalue weighted by Crippen LogP contribution is -2.15. The van der Waals surface area contributed by atoms with Crippen molar-refractivity contribution >= 4 is 17.7 Å². The summed E-state index contributed by atoms with van der Waals surface area (Å²) >= 11 is 1.90. The van der Waals surface area contributed by atoms with Crippen LogP contribution in [0.5, 0.6) is 11.5 Å². The van der Waals surface area contributed by atoms with Crippen LogP contribution in [0, 0.1) is 5.92 Å². The van der Waals surface area contributed by atoms with Crippen molar-refractivity contribution in [3.05, 3.63) is 23.8 Å². The van der Waals surface area contributed by atoms with Gasteiger partial charge >= 0.3 is 5.97 Å². The fraction of sp³-hybridized carbons (Fsp3) is 0.533. The number of carbonyl (C=O) groups is 1. The number of carboxylic acids is 1. The van der Waals surface area contributed by atoms with E-state index in [1.54, 1.807) is 14.0 Å². The maximum absolute atomic E-state index is 10.9. The maximum atomic E-state index is 10.9. The van der Waals surface area contributed by atoms with Crippen LogP contribution >= 0.6 is 11.8 Å². The van der Waals surface area contributed by atoms with E-state index in [2.05, 4.69) is 0 Å². The largest absolute Gasteiger partial charge is 0.493 e. The molecule has 1 aromatic carbocycles. The molecule has 2 rings (SSSR count). The van der Waals surface area contributed by atoms with Gasteiger partial charge in [-0.05, 0) is 36.3 Å². The molecule has 4 nitrogen and oxygen atoms in total. The molecule has 0 radical (unpaired) electrons. The van der Waals surface area contributed by atoms with E-state index in [4.69, 9.17) is 14.6 Å². The van der Waals surface area contributed by atoms with Crippen LogP contribution in [-0.2, 0) is 11.2 Å². The minimum Gasteiger partial charge on any atom is -0.493 e. The highest BCUT2D eigenvalue weighted by atomic mass is 32.2. The molecule has 0 aromatic heterocycles. The van der Waals surface area contributed by atoms with Crippen molar-refractivity contribution in [1.29, 1.82) is 0 Å². The molecule has 0 aliphatic carbocycles. The Balaban J connectivity index is 2.08. The summed E-state index contributed by atoms with van der Waals surface area (Å²) < 4.78 is 11.3. The van der Waals surface area contributed by atoms with E-state index >= 15 is 0 Å². The van der Waals surface area contributed by atoms with Crippen LogP contribution in [-0.4, -0.2) is 35.8 Å². The Bertz CT molecular complexity index is 469. The Labute approximate surface area is 123 Å². The third-order valence-electron chi connectivity index (χ3n) is 3.37. The summed E-state index contributed by atoms with van der Waals surface area (Å²) in [7, 11) is 1.61. The van der Waals surface area contributed by atoms with Crippen molar-refractivity contribution in [3.63, 3.8) is 0 Å². The molecule has 0 bridgehead atoms. The first-order chi connectivity index (χ1) is 9.60. The number of aliphatic carboxylic acids is 1. The van der Waals surface area contributed by atoms with Crippen LogP contribution in [0.3, 0.4) is 0 Å². The highest BCUT2D eigenvalue weighted by molar-refractivity contribution is 7.99. The molecule has 0 saturated carbocycles. The van der Waals surface area contributed by atoms with Crippen LogP contribution < -0.4 is 9.47 Å². The summed E-state index contributed by atoms with van der Waals surface area (Å²) in [4.78, 5) is 10.9. The first-order valence-corrected chi connectivity index (χ1v) is 7.89. The van der Waals surface area contributed by atoms with Gasteiger partial charge in [0.05, 0.1) is 13.0 Å². The molecule has 110 valence electrons. The lowest BCUT2D eigenvalue weighted by Gasteiger charge is -2.16. The van der Waals surface area contributed by atoms with Crippen molar-refractivity contribution in [3.8, 4) is 11.5 Å². The minimum absolute atomic E-state index is 0.248. The van der Waals surface area contributed by atoms with Crippen LogP contribution in [0.25, 0.3) is 0 Å². The number of carboxylic acid groups (broad SMARTS) is 1. The monoisotopic (exact) mass is 296 g/mol. The molecule has 1 aliphatic rings. The zero-order chi connectivity index (χ0) is 14.5. The second kappa shape index (κ2) is 6.88. The molecule has 1 fully saturated rings. The number of methoxy groups -OCH3 is 1. The van der Waals surface area contributed by atoms with E-state index in [-0.39, 0.29) is 6.10 Å². The smallest absolute Gasteiger partial charge is 0.306 e. The molecule has 1 heterocycles. The fourth-order valence-electron chi connectivity index (χ4n) is 2.16. The Morgan fingerprint density at radius 2 is 2.30 bits per heavy atom. The van der Waals surface area contributed by atoms with Gasteiger partial charge in [0.15, 0.2) is 11.5 Å². The van der Waals surface area contributed by atoms with E-state index in [1.165, 1.54) is 0 Å². The quantitative estimate of drug-likeness (QED) is 0.875. The summed E-state index contributed by atoms with van der Waals surface area (Å²) in [6.07, 6.45) is 1.80. The van der Waals surface area contributed by atoms with Crippen molar-refractivity contribution in [2.24, 2.45) is 5.92 Å². The average Bonchev–Trinajstić information content (AvgIpc) is 2.93. The van der Waals surface area contributed by atoms with Gasteiger partial charge in [0, 0.05) is 5.75 Å². The first kappa shape index (κ1) is 15.0. The lowest BCUT2D eigenvalue weighted by molar-refractivity contribution is -0.141. The number of rotatable bonds is 6. The number of benzene rings is 1. The van der Waals surface area contributed by atoms with Gasteiger partial charge in [-0.3, -0.25) is 4.79 Å². The van der Waals surface area contributed by atoms with Gasteiger partial charge in [-0.25, -0.2) is 0 Å². The molecule has 2 unspecified atom stereocenters. The molecule has 2 atom stereocenters. The molecular weight excluding hydrogens is 276 g/mol. The summed E-state index contributed by atoms with van der Waals surface area (Å²) in [5.41, 5.74) is 0.949. The SMILES string of the molecule is COc1cc(CC(C)C(=O)O)ccc1OC1CCSC1. The van der Waals surface area contributed by atoms with Crippen LogP contribution in [0.2, 0.25) is 0 Å². The highest BCUT2D eigenvalue weighted by Gasteiger charge is 2.19. The molecule has 1 N–H and O–H groups in total. The average molecular weight is 296 g/mol. The molecule has 1 aliphatic heterocycles. The Kier molecular flexibility index (Phi) is 5.17. The van der Waals surface area contributed by atoms with Crippen molar-refractivity contribution in [1.82, 2.24) is 0 Å². The summed E-state index contributed by atoms with van der Waals surface area (Å²) in [6, 6.07) is 5.67. The molecule has 5 heteroatoms. The Morgan fingerprint density at radius 1 is 1.50 bits per heavy atom. The number of hydrogen-bond acceptors (Lipinski definition) is 4. The van der Waals surface area contributed by atoms with Crippen molar-refractivity contribution < 1.29 is 19.4 Å². The number of thioether (sulfide) groups is 1. The summed E-state index contributed by atoms with van der Waals surface area (Å²) in [5.74, 6) is 2.39. The zero-order valence-corrected chi connectivity index (χ0v) is 12.6. The predicted octanol–water partition coefficient (Wildman–Crippen LogP) is 2.84. The van der Waals surface area contributed by atoms with E-state index in [9.17, 15) is 4.79 Å². The normalized spacial score (nSPS) is 19.6. The van der Waals surface area contributed by atoms with Gasteiger partial charge in [0.25, 0.3) is 0 Å². The second-order valence-corrected chi connectivity index (χ2v) is 6.18. The zero-order valence-electron chi connectivity index (χ0n) is 11.8. The van der Waals surface area contributed by atoms with Gasteiger partial charge in [0.2, 0.25) is 0 Å². The molecule has 1 aromatic rings. The highest BCUT2D eigenvalue weighted by Crippen LogP contribution is 2.32. The molecular formula is C15H20O4S. The van der Waals surface area contributed by atoms with E-state index in [0.29, 0.717) is 12.2 Å². The van der Waals surface area contributed by atoms with Crippen molar-refractivity contribution in [2.75, 3.05) is 18.6 Å². The fourth-order valence-corrected chi connectivity index (χ4v) is 3.26. The maximum Gasteiger partial charge on any atom is 0.306 e. The number of hydrogen-bond donors (Lipinski definition) is 1. The minimum atomic E-state index is -0.785. The predicted molar refractivity (Wildman–Crippen MR) is 79.9 cm³/mol. The summed E-state index contributed by atoms with van der Waals surface area (Å²) in [5, 5.41) is 8.96. The molecule has 1 saturated heterocycles. The van der Waals surface area contributed by atoms with Gasteiger partial charge in [-0.1, -0.05) is 13.0 Å². The van der Waals surface area contributed by atoms with Crippen molar-refractivity contribution in [2.45, 2.75) is 25.9 Å². The Hall–Kier alpha value is -1.36. The second-order valence-electron chi connectivity index (χ2n) is 5.03. The van der Waals surface area contributed by atoms with Gasteiger partial charge in [-0.2, -0.15) is 11.8 Å².